The van der Waals surface area contributed by atoms with Crippen molar-refractivity contribution in [1.29, 1.82) is 0 Å². The minimum atomic E-state index is -3.55. The molecule has 0 unspecified atom stereocenters. The van der Waals surface area contributed by atoms with E-state index in [-0.39, 0.29) is 17.0 Å². The molecule has 0 amide bonds. The van der Waals surface area contributed by atoms with Crippen molar-refractivity contribution in [2.45, 2.75) is 31.2 Å². The van der Waals surface area contributed by atoms with Gasteiger partial charge in [-0.3, -0.25) is 0 Å². The molecule has 3 N–H and O–H groups in total. The smallest absolute Gasteiger partial charge is 0.240 e. The molecule has 6 heteroatoms. The number of nitrogens with two attached hydrogens (primary N) is 1. The minimum absolute atomic E-state index is 0.0237. The lowest BCUT2D eigenvalue weighted by atomic mass is 10.2. The summed E-state index contributed by atoms with van der Waals surface area (Å²) in [5.41, 5.74) is 5.53. The number of hydrogen-bond acceptors (Lipinski definition) is 3. The van der Waals surface area contributed by atoms with Crippen LogP contribution < -0.4 is 10.5 Å². The maximum Gasteiger partial charge on any atom is 0.240 e. The maximum absolute atomic E-state index is 13.2. The average molecular weight is 260 g/mol. The van der Waals surface area contributed by atoms with E-state index in [0.717, 1.165) is 18.9 Å². The van der Waals surface area contributed by atoms with Crippen LogP contribution >= 0.6 is 0 Å². The summed E-state index contributed by atoms with van der Waals surface area (Å²) in [5.74, 6) is -0.486. The standard InChI is InChI=1S/C11H17FN2O2S/c1-2-3-6-14-17(15,16)10-4-5-11(12)9(7-10)8-13/h4-5,7,14H,2-3,6,8,13H2,1H3. The van der Waals surface area contributed by atoms with Crippen molar-refractivity contribution in [1.82, 2.24) is 4.72 Å². The van der Waals surface area contributed by atoms with E-state index in [1.165, 1.54) is 12.1 Å². The summed E-state index contributed by atoms with van der Waals surface area (Å²) in [6, 6.07) is 3.63. The number of benzene rings is 1. The molecule has 96 valence electrons. The van der Waals surface area contributed by atoms with Crippen LogP contribution in [0.5, 0.6) is 0 Å². The van der Waals surface area contributed by atoms with Crippen LogP contribution in [0.25, 0.3) is 0 Å². The minimum Gasteiger partial charge on any atom is -0.326 e. The highest BCUT2D eigenvalue weighted by molar-refractivity contribution is 7.89. The molecule has 0 saturated carbocycles. The Morgan fingerprint density at radius 2 is 2.12 bits per heavy atom. The quantitative estimate of drug-likeness (QED) is 0.759. The second kappa shape index (κ2) is 6.09. The number of sulfonamides is 1. The zero-order valence-corrected chi connectivity index (χ0v) is 10.6. The Morgan fingerprint density at radius 1 is 1.41 bits per heavy atom. The Hall–Kier alpha value is -0.980. The zero-order chi connectivity index (χ0) is 12.9. The molecule has 0 aromatic heterocycles. The molecule has 0 spiro atoms. The van der Waals surface area contributed by atoms with Gasteiger partial charge >= 0.3 is 0 Å². The fraction of sp³-hybridized carbons (Fsp3) is 0.455. The molecule has 0 heterocycles. The van der Waals surface area contributed by atoms with E-state index in [9.17, 15) is 12.8 Å². The SMILES string of the molecule is CCCCNS(=O)(=O)c1ccc(F)c(CN)c1. The molecular weight excluding hydrogens is 243 g/mol. The van der Waals surface area contributed by atoms with Gasteiger partial charge in [0.05, 0.1) is 4.90 Å². The van der Waals surface area contributed by atoms with Crippen molar-refractivity contribution < 1.29 is 12.8 Å². The van der Waals surface area contributed by atoms with Crippen molar-refractivity contribution in [3.63, 3.8) is 0 Å². The number of halogens is 1. The van der Waals surface area contributed by atoms with Crippen LogP contribution in [0.15, 0.2) is 23.1 Å². The lowest BCUT2D eigenvalue weighted by Gasteiger charge is -2.08. The Kier molecular flexibility index (Phi) is 5.04. The lowest BCUT2D eigenvalue weighted by Crippen LogP contribution is -2.25. The van der Waals surface area contributed by atoms with Crippen LogP contribution in [0, 0.1) is 5.82 Å². The van der Waals surface area contributed by atoms with Crippen LogP contribution in [-0.4, -0.2) is 15.0 Å². The molecule has 0 bridgehead atoms. The van der Waals surface area contributed by atoms with Gasteiger partial charge in [0.2, 0.25) is 10.0 Å². The topological polar surface area (TPSA) is 72.2 Å². The van der Waals surface area contributed by atoms with Gasteiger partial charge in [0, 0.05) is 18.7 Å². The van der Waals surface area contributed by atoms with Crippen LogP contribution in [0.3, 0.4) is 0 Å². The van der Waals surface area contributed by atoms with Crippen LogP contribution in [0.4, 0.5) is 4.39 Å². The summed E-state index contributed by atoms with van der Waals surface area (Å²) in [6.45, 7) is 2.33. The fourth-order valence-electron chi connectivity index (χ4n) is 1.34. The van der Waals surface area contributed by atoms with E-state index in [2.05, 4.69) is 4.72 Å². The maximum atomic E-state index is 13.2. The van der Waals surface area contributed by atoms with Crippen molar-refractivity contribution >= 4 is 10.0 Å². The Bertz CT molecular complexity index is 474. The molecule has 1 aromatic rings. The molecular formula is C11H17FN2O2S. The van der Waals surface area contributed by atoms with Crippen molar-refractivity contribution in [2.24, 2.45) is 5.73 Å². The van der Waals surface area contributed by atoms with E-state index in [4.69, 9.17) is 5.73 Å². The molecule has 0 aliphatic carbocycles. The van der Waals surface area contributed by atoms with Gasteiger partial charge in [-0.2, -0.15) is 0 Å². The first-order chi connectivity index (χ1) is 8.01. The first-order valence-electron chi connectivity index (χ1n) is 5.49. The third-order valence-electron chi connectivity index (χ3n) is 2.37. The highest BCUT2D eigenvalue weighted by Crippen LogP contribution is 2.14. The molecule has 0 radical (unpaired) electrons. The molecule has 1 rings (SSSR count). The molecule has 1 aromatic carbocycles. The van der Waals surface area contributed by atoms with Crippen molar-refractivity contribution in [3.05, 3.63) is 29.6 Å². The number of nitrogens with one attached hydrogen (secondary N) is 1. The van der Waals surface area contributed by atoms with E-state index in [1.54, 1.807) is 0 Å². The Labute approximate surface area is 101 Å². The van der Waals surface area contributed by atoms with E-state index in [0.29, 0.717) is 6.54 Å². The van der Waals surface area contributed by atoms with Gasteiger partial charge in [-0.1, -0.05) is 13.3 Å². The molecule has 0 aliphatic rings. The van der Waals surface area contributed by atoms with Crippen LogP contribution in [0.1, 0.15) is 25.3 Å². The number of hydrogen-bond donors (Lipinski definition) is 2. The van der Waals surface area contributed by atoms with Crippen LogP contribution in [0.2, 0.25) is 0 Å². The molecule has 17 heavy (non-hydrogen) atoms. The monoisotopic (exact) mass is 260 g/mol. The summed E-state index contributed by atoms with van der Waals surface area (Å²) in [7, 11) is -3.55. The normalized spacial score (nSPS) is 11.7. The second-order valence-corrected chi connectivity index (χ2v) is 5.48. The van der Waals surface area contributed by atoms with Crippen molar-refractivity contribution in [3.8, 4) is 0 Å². The lowest BCUT2D eigenvalue weighted by molar-refractivity contribution is 0.576. The van der Waals surface area contributed by atoms with Gasteiger partial charge in [-0.25, -0.2) is 17.5 Å². The Morgan fingerprint density at radius 3 is 2.71 bits per heavy atom. The van der Waals surface area contributed by atoms with Gasteiger partial charge in [0.1, 0.15) is 5.82 Å². The number of rotatable bonds is 6. The van der Waals surface area contributed by atoms with Gasteiger partial charge in [-0.05, 0) is 24.6 Å². The molecule has 4 nitrogen and oxygen atoms in total. The van der Waals surface area contributed by atoms with Crippen LogP contribution in [-0.2, 0) is 16.6 Å². The van der Waals surface area contributed by atoms with E-state index in [1.807, 2.05) is 6.92 Å². The first-order valence-corrected chi connectivity index (χ1v) is 6.97. The van der Waals surface area contributed by atoms with Crippen molar-refractivity contribution in [2.75, 3.05) is 6.54 Å². The molecule has 0 aliphatic heterocycles. The summed E-state index contributed by atoms with van der Waals surface area (Å²) in [6.07, 6.45) is 1.67. The van der Waals surface area contributed by atoms with Gasteiger partial charge in [0.15, 0.2) is 0 Å². The largest absolute Gasteiger partial charge is 0.326 e. The molecule has 0 fully saturated rings. The predicted molar refractivity (Wildman–Crippen MR) is 64.4 cm³/mol. The zero-order valence-electron chi connectivity index (χ0n) is 9.74. The van der Waals surface area contributed by atoms with Gasteiger partial charge < -0.3 is 5.73 Å². The van der Waals surface area contributed by atoms with Gasteiger partial charge in [-0.15, -0.1) is 0 Å². The third-order valence-corrected chi connectivity index (χ3v) is 3.83. The average Bonchev–Trinajstić information content (AvgIpc) is 2.29. The molecule has 0 saturated heterocycles. The first kappa shape index (κ1) is 14.1. The highest BCUT2D eigenvalue weighted by Gasteiger charge is 2.14. The highest BCUT2D eigenvalue weighted by atomic mass is 32.2. The molecule has 0 atom stereocenters. The summed E-state index contributed by atoms with van der Waals surface area (Å²) >= 11 is 0. The van der Waals surface area contributed by atoms with E-state index >= 15 is 0 Å². The third kappa shape index (κ3) is 3.76. The second-order valence-electron chi connectivity index (χ2n) is 3.71. The summed E-state index contributed by atoms with van der Waals surface area (Å²) in [5, 5.41) is 0. The Balaban J connectivity index is 2.91. The summed E-state index contributed by atoms with van der Waals surface area (Å²) in [4.78, 5) is 0.0513. The van der Waals surface area contributed by atoms with E-state index < -0.39 is 15.8 Å². The number of unbranched alkanes of at least 4 members (excludes halogenated alkanes) is 1. The summed E-state index contributed by atoms with van der Waals surface area (Å²) < 4.78 is 39.2. The predicted octanol–water partition coefficient (Wildman–Crippen LogP) is 1.36. The fourth-order valence-corrected chi connectivity index (χ4v) is 2.47. The van der Waals surface area contributed by atoms with Gasteiger partial charge in [0.25, 0.3) is 0 Å².